The highest BCUT2D eigenvalue weighted by molar-refractivity contribution is 5.47. The van der Waals surface area contributed by atoms with Crippen molar-refractivity contribution in [2.75, 3.05) is 6.61 Å². The Morgan fingerprint density at radius 3 is 2.47 bits per heavy atom. The van der Waals surface area contributed by atoms with E-state index in [0.717, 1.165) is 11.1 Å². The summed E-state index contributed by atoms with van der Waals surface area (Å²) < 4.78 is 5.26. The van der Waals surface area contributed by atoms with Crippen LogP contribution < -0.4 is 0 Å². The number of aliphatic hydroxyl groups is 2. The third-order valence-corrected chi connectivity index (χ3v) is 2.00. The van der Waals surface area contributed by atoms with E-state index in [1.165, 1.54) is 0 Å². The molecule has 0 amide bonds. The second kappa shape index (κ2) is 6.35. The van der Waals surface area contributed by atoms with E-state index in [-0.39, 0.29) is 6.42 Å². The monoisotopic (exact) mass is 208 g/mol. The molecule has 0 heterocycles. The molecular formula is C12H16O3. The minimum Gasteiger partial charge on any atom is -0.377 e. The maximum atomic E-state index is 8.58. The Morgan fingerprint density at radius 2 is 1.93 bits per heavy atom. The molecule has 0 aliphatic carbocycles. The first-order valence-corrected chi connectivity index (χ1v) is 4.87. The Balaban J connectivity index is 2.28. The molecule has 0 atom stereocenters. The van der Waals surface area contributed by atoms with Crippen molar-refractivity contribution < 1.29 is 14.9 Å². The van der Waals surface area contributed by atoms with Gasteiger partial charge in [0.2, 0.25) is 0 Å². The summed E-state index contributed by atoms with van der Waals surface area (Å²) in [7, 11) is 0. The fourth-order valence-electron chi connectivity index (χ4n) is 1.13. The second-order valence-corrected chi connectivity index (χ2v) is 3.27. The second-order valence-electron chi connectivity index (χ2n) is 3.27. The predicted octanol–water partition coefficient (Wildman–Crippen LogP) is 1.55. The lowest BCUT2D eigenvalue weighted by molar-refractivity contribution is -0.0625. The van der Waals surface area contributed by atoms with Crippen molar-refractivity contribution in [3.8, 4) is 0 Å². The normalized spacial score (nSPS) is 10.6. The van der Waals surface area contributed by atoms with E-state index in [2.05, 4.69) is 6.58 Å². The molecular weight excluding hydrogens is 192 g/mol. The van der Waals surface area contributed by atoms with Crippen LogP contribution in [0.1, 0.15) is 17.5 Å². The van der Waals surface area contributed by atoms with Gasteiger partial charge in [-0.2, -0.15) is 0 Å². The fraction of sp³-hybridized carbons (Fsp3) is 0.333. The van der Waals surface area contributed by atoms with E-state index in [4.69, 9.17) is 14.9 Å². The molecule has 0 aromatic heterocycles. The van der Waals surface area contributed by atoms with Crippen LogP contribution in [0, 0.1) is 0 Å². The van der Waals surface area contributed by atoms with E-state index in [1.807, 2.05) is 24.3 Å². The molecule has 0 saturated carbocycles. The first kappa shape index (κ1) is 11.9. The Bertz CT molecular complexity index is 290. The Morgan fingerprint density at radius 1 is 1.27 bits per heavy atom. The highest BCUT2D eigenvalue weighted by Crippen LogP contribution is 2.06. The van der Waals surface area contributed by atoms with Gasteiger partial charge in [-0.05, 0) is 11.1 Å². The first-order chi connectivity index (χ1) is 7.22. The maximum absolute atomic E-state index is 8.58. The molecule has 15 heavy (non-hydrogen) atoms. The van der Waals surface area contributed by atoms with Gasteiger partial charge in [0.15, 0.2) is 6.29 Å². The van der Waals surface area contributed by atoms with Crippen LogP contribution >= 0.6 is 0 Å². The van der Waals surface area contributed by atoms with Crippen molar-refractivity contribution in [2.24, 2.45) is 0 Å². The third kappa shape index (κ3) is 4.74. The van der Waals surface area contributed by atoms with Gasteiger partial charge in [0.05, 0.1) is 13.2 Å². The number of hydrogen-bond acceptors (Lipinski definition) is 3. The molecule has 3 nitrogen and oxygen atoms in total. The predicted molar refractivity (Wildman–Crippen MR) is 59.0 cm³/mol. The Hall–Kier alpha value is -1.16. The summed E-state index contributed by atoms with van der Waals surface area (Å²) in [5, 5.41) is 17.2. The number of hydrogen-bond donors (Lipinski definition) is 2. The van der Waals surface area contributed by atoms with Crippen molar-refractivity contribution in [2.45, 2.75) is 19.3 Å². The molecule has 0 bridgehead atoms. The van der Waals surface area contributed by atoms with Gasteiger partial charge in [-0.1, -0.05) is 36.9 Å². The topological polar surface area (TPSA) is 49.7 Å². The minimum atomic E-state index is -1.28. The molecule has 1 aromatic rings. The van der Waals surface area contributed by atoms with Crippen molar-refractivity contribution in [3.63, 3.8) is 0 Å². The number of benzene rings is 1. The van der Waals surface area contributed by atoms with Crippen molar-refractivity contribution in [3.05, 3.63) is 42.0 Å². The van der Waals surface area contributed by atoms with Gasteiger partial charge in [0, 0.05) is 6.42 Å². The molecule has 0 radical (unpaired) electrons. The molecule has 2 N–H and O–H groups in total. The quantitative estimate of drug-likeness (QED) is 0.551. The first-order valence-electron chi connectivity index (χ1n) is 4.87. The lowest BCUT2D eigenvalue weighted by Gasteiger charge is -2.05. The highest BCUT2D eigenvalue weighted by atomic mass is 16.5. The number of rotatable bonds is 6. The molecule has 0 saturated heterocycles. The van der Waals surface area contributed by atoms with Crippen LogP contribution in [0.25, 0.3) is 6.08 Å². The summed E-state index contributed by atoms with van der Waals surface area (Å²) in [6.07, 6.45) is 0.741. The average molecular weight is 208 g/mol. The minimum absolute atomic E-state index is 0.241. The average Bonchev–Trinajstić information content (AvgIpc) is 2.25. The van der Waals surface area contributed by atoms with E-state index >= 15 is 0 Å². The van der Waals surface area contributed by atoms with Gasteiger partial charge in [-0.15, -0.1) is 0 Å². The zero-order valence-electron chi connectivity index (χ0n) is 8.60. The molecule has 82 valence electrons. The molecule has 3 heteroatoms. The molecule has 0 spiro atoms. The third-order valence-electron chi connectivity index (χ3n) is 2.00. The van der Waals surface area contributed by atoms with Crippen molar-refractivity contribution in [1.29, 1.82) is 0 Å². The van der Waals surface area contributed by atoms with Gasteiger partial charge >= 0.3 is 0 Å². The van der Waals surface area contributed by atoms with Crippen molar-refractivity contribution in [1.82, 2.24) is 0 Å². The zero-order valence-corrected chi connectivity index (χ0v) is 8.60. The van der Waals surface area contributed by atoms with E-state index in [9.17, 15) is 0 Å². The van der Waals surface area contributed by atoms with Gasteiger partial charge in [0.1, 0.15) is 0 Å². The van der Waals surface area contributed by atoms with Crippen LogP contribution in [-0.2, 0) is 11.3 Å². The Kier molecular flexibility index (Phi) is 5.04. The largest absolute Gasteiger partial charge is 0.377 e. The fourth-order valence-corrected chi connectivity index (χ4v) is 1.13. The number of ether oxygens (including phenoxy) is 1. The number of aliphatic hydroxyl groups excluding tert-OH is 1. The standard InChI is InChI=1S/C12H16O3/c1-2-10-3-5-11(6-4-10)9-15-8-7-12(13)14/h2-6,12-14H,1,7-9H2. The molecule has 1 aromatic carbocycles. The van der Waals surface area contributed by atoms with Crippen LogP contribution in [0.4, 0.5) is 0 Å². The molecule has 0 fully saturated rings. The van der Waals surface area contributed by atoms with Crippen molar-refractivity contribution >= 4 is 6.08 Å². The van der Waals surface area contributed by atoms with Crippen LogP contribution in [-0.4, -0.2) is 23.1 Å². The smallest absolute Gasteiger partial charge is 0.153 e. The summed E-state index contributed by atoms with van der Waals surface area (Å²) in [5.41, 5.74) is 2.14. The van der Waals surface area contributed by atoms with Gasteiger partial charge < -0.3 is 14.9 Å². The van der Waals surface area contributed by atoms with Crippen LogP contribution in [0.5, 0.6) is 0 Å². The lowest BCUT2D eigenvalue weighted by Crippen LogP contribution is -2.08. The zero-order chi connectivity index (χ0) is 11.1. The maximum Gasteiger partial charge on any atom is 0.153 e. The molecule has 1 rings (SSSR count). The summed E-state index contributed by atoms with van der Waals surface area (Å²) in [6, 6.07) is 7.86. The summed E-state index contributed by atoms with van der Waals surface area (Å²) in [6.45, 7) is 4.51. The SMILES string of the molecule is C=Cc1ccc(COCCC(O)O)cc1. The van der Waals surface area contributed by atoms with Crippen LogP contribution in [0.2, 0.25) is 0 Å². The summed E-state index contributed by atoms with van der Waals surface area (Å²) in [4.78, 5) is 0. The van der Waals surface area contributed by atoms with E-state index in [0.29, 0.717) is 13.2 Å². The summed E-state index contributed by atoms with van der Waals surface area (Å²) in [5.74, 6) is 0. The van der Waals surface area contributed by atoms with Crippen LogP contribution in [0.3, 0.4) is 0 Å². The van der Waals surface area contributed by atoms with Gasteiger partial charge in [0.25, 0.3) is 0 Å². The molecule has 0 unspecified atom stereocenters. The van der Waals surface area contributed by atoms with Crippen LogP contribution in [0.15, 0.2) is 30.8 Å². The molecule has 0 aliphatic rings. The molecule has 0 aliphatic heterocycles. The lowest BCUT2D eigenvalue weighted by atomic mass is 10.1. The Labute approximate surface area is 89.6 Å². The highest BCUT2D eigenvalue weighted by Gasteiger charge is 1.97. The van der Waals surface area contributed by atoms with Gasteiger partial charge in [-0.3, -0.25) is 0 Å². The van der Waals surface area contributed by atoms with Gasteiger partial charge in [-0.25, -0.2) is 0 Å². The van der Waals surface area contributed by atoms with E-state index in [1.54, 1.807) is 6.08 Å². The summed E-state index contributed by atoms with van der Waals surface area (Å²) >= 11 is 0. The van der Waals surface area contributed by atoms with E-state index < -0.39 is 6.29 Å².